The zero-order valence-corrected chi connectivity index (χ0v) is 26.1. The zero-order chi connectivity index (χ0) is 32.2. The van der Waals surface area contributed by atoms with Crippen molar-refractivity contribution in [2.45, 2.75) is 45.8 Å². The fourth-order valence-electron chi connectivity index (χ4n) is 6.16. The first-order valence-electron chi connectivity index (χ1n) is 15.8. The second-order valence-electron chi connectivity index (χ2n) is 11.5. The van der Waals surface area contributed by atoms with E-state index in [-0.39, 0.29) is 17.8 Å². The Morgan fingerprint density at radius 2 is 1.32 bits per heavy atom. The van der Waals surface area contributed by atoms with Gasteiger partial charge in [0.05, 0.1) is 0 Å². The van der Waals surface area contributed by atoms with Crippen LogP contribution in [0.3, 0.4) is 0 Å². The van der Waals surface area contributed by atoms with Crippen LogP contribution in [0, 0.1) is 0 Å². The number of aryl methyl sites for hydroxylation is 4. The fourth-order valence-corrected chi connectivity index (χ4v) is 6.16. The second-order valence-corrected chi connectivity index (χ2v) is 11.5. The fraction of sp³-hybridized carbons (Fsp3) is 0.189. The van der Waals surface area contributed by atoms with Gasteiger partial charge >= 0.3 is 5.69 Å². The van der Waals surface area contributed by atoms with Crippen molar-refractivity contribution in [2.24, 2.45) is 0 Å². The van der Waals surface area contributed by atoms with E-state index in [1.54, 1.807) is 4.57 Å². The van der Waals surface area contributed by atoms with Crippen LogP contribution in [0.25, 0.3) is 33.7 Å². The molecule has 7 aromatic rings. The molecule has 0 saturated carbocycles. The lowest BCUT2D eigenvalue weighted by Gasteiger charge is -2.14. The summed E-state index contributed by atoms with van der Waals surface area (Å²) >= 11 is 0. The molecule has 0 aliphatic rings. The van der Waals surface area contributed by atoms with Gasteiger partial charge in [0, 0.05) is 31.6 Å². The summed E-state index contributed by atoms with van der Waals surface area (Å²) in [5, 5.41) is 14.7. The number of nitrogens with one attached hydrogen (secondary N) is 1. The van der Waals surface area contributed by atoms with E-state index in [4.69, 9.17) is 4.98 Å². The number of hydrogen-bond donors (Lipinski definition) is 1. The monoisotopic (exact) mass is 622 g/mol. The number of rotatable bonds is 11. The first kappa shape index (κ1) is 29.8. The molecular weight excluding hydrogens is 588 g/mol. The van der Waals surface area contributed by atoms with E-state index in [0.29, 0.717) is 49.3 Å². The van der Waals surface area contributed by atoms with Crippen molar-refractivity contribution in [3.63, 3.8) is 0 Å². The van der Waals surface area contributed by atoms with Gasteiger partial charge in [-0.25, -0.2) is 14.9 Å². The Kier molecular flexibility index (Phi) is 8.38. The number of aromatic nitrogens is 8. The lowest BCUT2D eigenvalue weighted by molar-refractivity contribution is 0.564. The molecule has 47 heavy (non-hydrogen) atoms. The second kappa shape index (κ2) is 13.2. The molecule has 3 aromatic heterocycles. The first-order valence-corrected chi connectivity index (χ1v) is 15.8. The van der Waals surface area contributed by atoms with E-state index in [2.05, 4.69) is 38.8 Å². The molecule has 7 rings (SSSR count). The Labute approximate surface area is 271 Å². The summed E-state index contributed by atoms with van der Waals surface area (Å²) in [6.45, 7) is 3.07. The molecule has 0 saturated heterocycles. The highest BCUT2D eigenvalue weighted by Gasteiger charge is 2.22. The number of hydrogen-bond acceptors (Lipinski definition) is 6. The quantitative estimate of drug-likeness (QED) is 0.209. The van der Waals surface area contributed by atoms with Crippen molar-refractivity contribution in [2.75, 3.05) is 0 Å². The molecular formula is C37H34N8O2. The summed E-state index contributed by atoms with van der Waals surface area (Å²) in [5.74, 6) is 1.29. The van der Waals surface area contributed by atoms with Crippen LogP contribution >= 0.6 is 0 Å². The van der Waals surface area contributed by atoms with Crippen molar-refractivity contribution in [1.29, 1.82) is 0 Å². The van der Waals surface area contributed by atoms with E-state index in [0.717, 1.165) is 39.2 Å². The number of nitrogens with zero attached hydrogens (tertiary/aromatic N) is 7. The summed E-state index contributed by atoms with van der Waals surface area (Å²) in [7, 11) is 0. The van der Waals surface area contributed by atoms with E-state index in [1.165, 1.54) is 4.57 Å². The van der Waals surface area contributed by atoms with Crippen molar-refractivity contribution < 1.29 is 0 Å². The summed E-state index contributed by atoms with van der Waals surface area (Å²) in [5.41, 5.74) is 6.17. The molecule has 0 bridgehead atoms. The van der Waals surface area contributed by atoms with E-state index < -0.39 is 0 Å². The molecule has 234 valence electrons. The predicted octanol–water partition coefficient (Wildman–Crippen LogP) is 5.30. The van der Waals surface area contributed by atoms with Crippen molar-refractivity contribution in [3.05, 3.63) is 153 Å². The minimum atomic E-state index is -0.339. The van der Waals surface area contributed by atoms with Crippen LogP contribution in [0.2, 0.25) is 0 Å². The molecule has 0 spiro atoms. The maximum absolute atomic E-state index is 14.3. The minimum Gasteiger partial charge on any atom is -0.318 e. The van der Waals surface area contributed by atoms with Crippen LogP contribution in [0.1, 0.15) is 29.4 Å². The lowest BCUT2D eigenvalue weighted by Crippen LogP contribution is -2.41. The molecule has 10 heteroatoms. The average molecular weight is 623 g/mol. The van der Waals surface area contributed by atoms with Gasteiger partial charge < -0.3 is 4.57 Å². The smallest absolute Gasteiger partial charge is 0.318 e. The van der Waals surface area contributed by atoms with Crippen LogP contribution in [0.15, 0.2) is 119 Å². The first-order chi connectivity index (χ1) is 23.1. The Bertz CT molecular complexity index is 2240. The SMILES string of the molecule is CCc1nc2c(c(=O)n(CCc3ccccc3)c(=O)n2CCc2ccccc2)n1Cc1ccc(-c2ccccc2)c(-c2nnn[nH]2)c1. The standard InChI is InChI=1S/C37H34N8O2/c1-2-32-38-35-33(45(32)25-28-18-19-30(29-16-10-5-11-17-29)31(24-28)34-39-41-42-40-34)36(46)44(23-21-27-14-8-4-9-15-27)37(47)43(35)22-20-26-12-6-3-7-13-26/h3-19,24H,2,20-23,25H2,1H3,(H,39,40,41,42). The molecule has 0 fully saturated rings. The Balaban J connectivity index is 1.35. The van der Waals surface area contributed by atoms with Crippen LogP contribution in [-0.2, 0) is 38.9 Å². The van der Waals surface area contributed by atoms with Crippen LogP contribution in [-0.4, -0.2) is 39.3 Å². The van der Waals surface area contributed by atoms with Gasteiger partial charge in [-0.3, -0.25) is 13.9 Å². The molecule has 10 nitrogen and oxygen atoms in total. The summed E-state index contributed by atoms with van der Waals surface area (Å²) in [6, 6.07) is 36.2. The highest BCUT2D eigenvalue weighted by molar-refractivity contribution is 5.81. The van der Waals surface area contributed by atoms with Crippen LogP contribution < -0.4 is 11.2 Å². The number of H-pyrrole nitrogens is 1. The van der Waals surface area contributed by atoms with Gasteiger partial charge in [-0.15, -0.1) is 5.10 Å². The Morgan fingerprint density at radius 3 is 1.94 bits per heavy atom. The largest absolute Gasteiger partial charge is 0.332 e. The molecule has 0 amide bonds. The number of aromatic amines is 1. The van der Waals surface area contributed by atoms with Gasteiger partial charge in [-0.05, 0) is 57.2 Å². The summed E-state index contributed by atoms with van der Waals surface area (Å²) < 4.78 is 5.02. The van der Waals surface area contributed by atoms with Crippen LogP contribution in [0.5, 0.6) is 0 Å². The van der Waals surface area contributed by atoms with Gasteiger partial charge in [0.25, 0.3) is 5.56 Å². The summed E-state index contributed by atoms with van der Waals surface area (Å²) in [6.07, 6.45) is 1.78. The highest BCUT2D eigenvalue weighted by Crippen LogP contribution is 2.31. The lowest BCUT2D eigenvalue weighted by atomic mass is 9.97. The Morgan fingerprint density at radius 1 is 0.681 bits per heavy atom. The molecule has 3 heterocycles. The van der Waals surface area contributed by atoms with Crippen molar-refractivity contribution in [3.8, 4) is 22.5 Å². The number of imidazole rings is 1. The van der Waals surface area contributed by atoms with E-state index >= 15 is 0 Å². The van der Waals surface area contributed by atoms with Crippen molar-refractivity contribution >= 4 is 11.2 Å². The zero-order valence-electron chi connectivity index (χ0n) is 26.1. The third-order valence-electron chi connectivity index (χ3n) is 8.55. The molecule has 1 N–H and O–H groups in total. The minimum absolute atomic E-state index is 0.268. The molecule has 0 unspecified atom stereocenters. The normalized spacial score (nSPS) is 11.3. The van der Waals surface area contributed by atoms with Gasteiger partial charge in [-0.1, -0.05) is 110 Å². The molecule has 4 aromatic carbocycles. The highest BCUT2D eigenvalue weighted by atomic mass is 16.2. The third-order valence-corrected chi connectivity index (χ3v) is 8.55. The topological polar surface area (TPSA) is 116 Å². The number of benzene rings is 4. The predicted molar refractivity (Wildman–Crippen MR) is 182 cm³/mol. The van der Waals surface area contributed by atoms with E-state index in [1.807, 2.05) is 102 Å². The maximum Gasteiger partial charge on any atom is 0.332 e. The average Bonchev–Trinajstić information content (AvgIpc) is 3.78. The van der Waals surface area contributed by atoms with Gasteiger partial charge in [-0.2, -0.15) is 0 Å². The number of fused-ring (bicyclic) bond motifs is 1. The van der Waals surface area contributed by atoms with E-state index in [9.17, 15) is 9.59 Å². The third kappa shape index (κ3) is 6.05. The summed E-state index contributed by atoms with van der Waals surface area (Å²) in [4.78, 5) is 33.2. The maximum atomic E-state index is 14.3. The van der Waals surface area contributed by atoms with Gasteiger partial charge in [0.1, 0.15) is 5.82 Å². The van der Waals surface area contributed by atoms with Gasteiger partial charge in [0.2, 0.25) is 0 Å². The molecule has 0 aliphatic carbocycles. The van der Waals surface area contributed by atoms with Gasteiger partial charge in [0.15, 0.2) is 17.0 Å². The number of tetrazole rings is 1. The van der Waals surface area contributed by atoms with Crippen molar-refractivity contribution in [1.82, 2.24) is 39.3 Å². The molecule has 0 radical (unpaired) electrons. The molecule has 0 aliphatic heterocycles. The van der Waals surface area contributed by atoms with Crippen LogP contribution in [0.4, 0.5) is 0 Å². The molecule has 0 atom stereocenters. The Hall–Kier alpha value is -5.90.